The van der Waals surface area contributed by atoms with Gasteiger partial charge in [-0.15, -0.1) is 0 Å². The number of fused-ring (bicyclic) bond motifs is 2. The zero-order chi connectivity index (χ0) is 38.5. The molecule has 0 spiro atoms. The molecule has 2 aliphatic rings. The monoisotopic (exact) mass is 746 g/mol. The molecule has 6 aromatic rings. The van der Waals surface area contributed by atoms with E-state index in [1.807, 2.05) is 12.1 Å². The van der Waals surface area contributed by atoms with E-state index < -0.39 is 46.3 Å². The number of pyridine rings is 2. The van der Waals surface area contributed by atoms with Crippen molar-refractivity contribution in [2.75, 3.05) is 0 Å². The van der Waals surface area contributed by atoms with Gasteiger partial charge < -0.3 is 10.2 Å². The number of hydrogen-bond acceptors (Lipinski definition) is 4. The van der Waals surface area contributed by atoms with Crippen LogP contribution in [0.5, 0.6) is 0 Å². The topological polar surface area (TPSA) is 66.2 Å². The summed E-state index contributed by atoms with van der Waals surface area (Å²) in [5.74, 6) is -2.00. The Hall–Kier alpha value is -5.46. The Labute approximate surface area is 304 Å². The molecule has 2 N–H and O–H groups in total. The Morgan fingerprint density at radius 2 is 0.852 bits per heavy atom. The molecule has 0 saturated carbocycles. The Balaban J connectivity index is 0.000000167. The predicted octanol–water partition coefficient (Wildman–Crippen LogP) is 10.2. The van der Waals surface area contributed by atoms with Gasteiger partial charge in [0.15, 0.2) is 0 Å². The Morgan fingerprint density at radius 1 is 0.481 bits per heavy atom. The van der Waals surface area contributed by atoms with E-state index >= 15 is 0 Å². The highest BCUT2D eigenvalue weighted by atomic mass is 19.4. The largest absolute Gasteiger partial charge is 0.416 e. The normalized spacial score (nSPS) is 19.1. The molecule has 8 rings (SSSR count). The SMILES string of the molecule is OC1(c2ccccc2)CCc2cncc(-c3ccc(C(F)(F)F)cc3F)c21.OC1(c2ccccc2)CCc2cncc(-c3ccc(C(F)(F)F)cc3F)c21. The van der Waals surface area contributed by atoms with E-state index in [1.165, 1.54) is 12.4 Å². The van der Waals surface area contributed by atoms with E-state index in [0.29, 0.717) is 71.2 Å². The second-order valence-electron chi connectivity index (χ2n) is 13.3. The molecule has 4 nitrogen and oxygen atoms in total. The lowest BCUT2D eigenvalue weighted by atomic mass is 9.84. The third kappa shape index (κ3) is 6.64. The van der Waals surface area contributed by atoms with Gasteiger partial charge >= 0.3 is 12.4 Å². The maximum atomic E-state index is 14.6. The van der Waals surface area contributed by atoms with Crippen molar-refractivity contribution in [1.29, 1.82) is 0 Å². The van der Waals surface area contributed by atoms with Crippen LogP contribution in [0.15, 0.2) is 122 Å². The highest BCUT2D eigenvalue weighted by Gasteiger charge is 2.43. The van der Waals surface area contributed by atoms with Crippen molar-refractivity contribution >= 4 is 0 Å². The van der Waals surface area contributed by atoms with Crippen LogP contribution in [-0.4, -0.2) is 20.2 Å². The molecule has 0 saturated heterocycles. The molecule has 0 aliphatic heterocycles. The van der Waals surface area contributed by atoms with Crippen LogP contribution in [0.2, 0.25) is 0 Å². The summed E-state index contributed by atoms with van der Waals surface area (Å²) in [4.78, 5) is 8.21. The molecule has 2 aromatic heterocycles. The summed E-state index contributed by atoms with van der Waals surface area (Å²) in [6, 6.07) is 22.8. The second kappa shape index (κ2) is 13.7. The maximum Gasteiger partial charge on any atom is 0.416 e. The lowest BCUT2D eigenvalue weighted by molar-refractivity contribution is -0.138. The van der Waals surface area contributed by atoms with E-state index in [4.69, 9.17) is 0 Å². The lowest BCUT2D eigenvalue weighted by Crippen LogP contribution is -2.24. The molecule has 2 atom stereocenters. The molecule has 54 heavy (non-hydrogen) atoms. The number of alkyl halides is 6. The van der Waals surface area contributed by atoms with Crippen LogP contribution in [0.4, 0.5) is 35.1 Å². The average Bonchev–Trinajstić information content (AvgIpc) is 3.70. The molecule has 4 aromatic carbocycles. The van der Waals surface area contributed by atoms with E-state index in [2.05, 4.69) is 9.97 Å². The highest BCUT2D eigenvalue weighted by molar-refractivity contribution is 5.73. The molecule has 2 unspecified atom stereocenters. The van der Waals surface area contributed by atoms with E-state index in [9.17, 15) is 45.3 Å². The summed E-state index contributed by atoms with van der Waals surface area (Å²) in [6.45, 7) is 0. The van der Waals surface area contributed by atoms with Crippen molar-refractivity contribution in [3.05, 3.63) is 178 Å². The molecule has 2 heterocycles. The lowest BCUT2D eigenvalue weighted by Gasteiger charge is -2.27. The van der Waals surface area contributed by atoms with Crippen LogP contribution in [0.1, 0.15) is 57.3 Å². The summed E-state index contributed by atoms with van der Waals surface area (Å²) >= 11 is 0. The first-order valence-corrected chi connectivity index (χ1v) is 16.9. The van der Waals surface area contributed by atoms with Crippen LogP contribution >= 0.6 is 0 Å². The number of rotatable bonds is 4. The minimum Gasteiger partial charge on any atom is -0.380 e. The molecule has 0 radical (unpaired) electrons. The van der Waals surface area contributed by atoms with Crippen molar-refractivity contribution in [2.24, 2.45) is 0 Å². The zero-order valence-corrected chi connectivity index (χ0v) is 28.2. The van der Waals surface area contributed by atoms with E-state index in [1.54, 1.807) is 60.9 Å². The summed E-state index contributed by atoms with van der Waals surface area (Å²) < 4.78 is 106. The predicted molar refractivity (Wildman–Crippen MR) is 185 cm³/mol. The van der Waals surface area contributed by atoms with Crippen LogP contribution in [-0.2, 0) is 36.4 Å². The van der Waals surface area contributed by atoms with Gasteiger partial charge in [-0.25, -0.2) is 8.78 Å². The summed E-state index contributed by atoms with van der Waals surface area (Å²) in [7, 11) is 0. The van der Waals surface area contributed by atoms with Gasteiger partial charge in [-0.1, -0.05) is 72.8 Å². The fourth-order valence-corrected chi connectivity index (χ4v) is 7.48. The quantitative estimate of drug-likeness (QED) is 0.176. The van der Waals surface area contributed by atoms with Crippen LogP contribution < -0.4 is 0 Å². The first kappa shape index (κ1) is 36.9. The number of halogens is 8. The zero-order valence-electron chi connectivity index (χ0n) is 28.2. The van der Waals surface area contributed by atoms with Crippen LogP contribution in [0, 0.1) is 11.6 Å². The third-order valence-electron chi connectivity index (χ3n) is 10.1. The molecule has 276 valence electrons. The highest BCUT2D eigenvalue weighted by Crippen LogP contribution is 2.48. The molecule has 2 aliphatic carbocycles. The fourth-order valence-electron chi connectivity index (χ4n) is 7.48. The molecule has 0 bridgehead atoms. The Kier molecular flexibility index (Phi) is 9.39. The molecular weight excluding hydrogens is 716 g/mol. The standard InChI is InChI=1S/2C21H15F4NO/c2*22-18-10-15(21(23,24)25)6-7-16(18)17-12-26-11-13-8-9-20(27,19(13)17)14-4-2-1-3-5-14/h2*1-7,10-12,27H,8-9H2. The van der Waals surface area contributed by atoms with E-state index in [0.717, 1.165) is 35.4 Å². The number of aromatic nitrogens is 2. The minimum atomic E-state index is -4.62. The smallest absolute Gasteiger partial charge is 0.380 e. The molecule has 0 fully saturated rings. The van der Waals surface area contributed by atoms with Gasteiger partial charge in [0.1, 0.15) is 22.8 Å². The molecule has 12 heteroatoms. The first-order chi connectivity index (χ1) is 25.6. The van der Waals surface area contributed by atoms with Crippen molar-refractivity contribution < 1.29 is 45.3 Å². The summed E-state index contributed by atoms with van der Waals surface area (Å²) in [5, 5.41) is 22.8. The Bertz CT molecular complexity index is 2170. The van der Waals surface area contributed by atoms with Gasteiger partial charge in [-0.05, 0) is 72.2 Å². The number of benzene rings is 4. The third-order valence-corrected chi connectivity index (χ3v) is 10.1. The van der Waals surface area contributed by atoms with Gasteiger partial charge in [0, 0.05) is 58.2 Å². The van der Waals surface area contributed by atoms with Crippen LogP contribution in [0.25, 0.3) is 22.3 Å². The second-order valence-corrected chi connectivity index (χ2v) is 13.3. The number of hydrogen-bond donors (Lipinski definition) is 2. The fraction of sp³-hybridized carbons (Fsp3) is 0.190. The average molecular weight is 747 g/mol. The molecular formula is C42H30F8N2O2. The van der Waals surface area contributed by atoms with Crippen molar-refractivity contribution in [2.45, 2.75) is 49.2 Å². The first-order valence-electron chi connectivity index (χ1n) is 16.9. The van der Waals surface area contributed by atoms with Gasteiger partial charge in [0.05, 0.1) is 11.1 Å². The van der Waals surface area contributed by atoms with Gasteiger partial charge in [0.25, 0.3) is 0 Å². The van der Waals surface area contributed by atoms with Crippen molar-refractivity contribution in [3.8, 4) is 22.3 Å². The molecule has 0 amide bonds. The number of aliphatic hydroxyl groups is 2. The van der Waals surface area contributed by atoms with Gasteiger partial charge in [-0.2, -0.15) is 26.3 Å². The number of aryl methyl sites for hydroxylation is 2. The van der Waals surface area contributed by atoms with Crippen LogP contribution in [0.3, 0.4) is 0 Å². The maximum absolute atomic E-state index is 14.6. The van der Waals surface area contributed by atoms with Gasteiger partial charge in [-0.3, -0.25) is 9.97 Å². The summed E-state index contributed by atoms with van der Waals surface area (Å²) in [6.07, 6.45) is -1.35. The summed E-state index contributed by atoms with van der Waals surface area (Å²) in [5.41, 5.74) is -0.357. The van der Waals surface area contributed by atoms with Crippen molar-refractivity contribution in [1.82, 2.24) is 9.97 Å². The van der Waals surface area contributed by atoms with Crippen molar-refractivity contribution in [3.63, 3.8) is 0 Å². The van der Waals surface area contributed by atoms with Gasteiger partial charge in [0.2, 0.25) is 0 Å². The number of nitrogens with zero attached hydrogens (tertiary/aromatic N) is 2. The Morgan fingerprint density at radius 3 is 1.19 bits per heavy atom. The van der Waals surface area contributed by atoms with E-state index in [-0.39, 0.29) is 11.1 Å². The minimum absolute atomic E-state index is 0.0105.